The predicted molar refractivity (Wildman–Crippen MR) is 147 cm³/mol. The van der Waals surface area contributed by atoms with Crippen LogP contribution < -0.4 is 20.8 Å². The normalized spacial score (nSPS) is 23.0. The molecule has 1 fully saturated rings. The van der Waals surface area contributed by atoms with Crippen molar-refractivity contribution >= 4 is 30.3 Å². The molecule has 6 nitrogen and oxygen atoms in total. The summed E-state index contributed by atoms with van der Waals surface area (Å²) in [5.41, 5.74) is 7.79. The first-order valence-electron chi connectivity index (χ1n) is 12.8. The van der Waals surface area contributed by atoms with Gasteiger partial charge in [0.25, 0.3) is 8.32 Å². The Bertz CT molecular complexity index is 1200. The molecule has 0 amide bonds. The molecule has 0 saturated carbocycles. The zero-order chi connectivity index (χ0) is 26.2. The lowest BCUT2D eigenvalue weighted by molar-refractivity contribution is -0.174. The summed E-state index contributed by atoms with van der Waals surface area (Å²) < 4.78 is 25.0. The monoisotopic (exact) mass is 517 g/mol. The van der Waals surface area contributed by atoms with E-state index in [0.717, 1.165) is 11.3 Å². The Morgan fingerprint density at radius 2 is 1.62 bits per heavy atom. The zero-order valence-electron chi connectivity index (χ0n) is 21.8. The molecule has 5 rings (SSSR count). The van der Waals surface area contributed by atoms with Crippen LogP contribution in [0.3, 0.4) is 0 Å². The number of nitrogen functional groups attached to an aromatic ring is 1. The van der Waals surface area contributed by atoms with E-state index in [0.29, 0.717) is 12.1 Å². The summed E-state index contributed by atoms with van der Waals surface area (Å²) in [5, 5.41) is 2.20. The van der Waals surface area contributed by atoms with E-state index in [1.165, 1.54) is 17.5 Å². The van der Waals surface area contributed by atoms with Crippen molar-refractivity contribution in [2.45, 2.75) is 56.5 Å². The number of anilines is 1. The lowest BCUT2D eigenvalue weighted by Gasteiger charge is -2.45. The molecule has 194 valence electrons. The third-order valence-corrected chi connectivity index (χ3v) is 12.6. The Morgan fingerprint density at radius 1 is 1.00 bits per heavy atom. The first kappa shape index (κ1) is 25.5. The third kappa shape index (κ3) is 4.56. The molecule has 0 unspecified atom stereocenters. The zero-order valence-corrected chi connectivity index (χ0v) is 22.8. The van der Waals surface area contributed by atoms with Crippen molar-refractivity contribution in [1.82, 2.24) is 0 Å². The van der Waals surface area contributed by atoms with Crippen molar-refractivity contribution in [3.63, 3.8) is 0 Å². The molecule has 3 aromatic carbocycles. The van der Waals surface area contributed by atoms with Gasteiger partial charge in [-0.15, -0.1) is 0 Å². The first-order valence-corrected chi connectivity index (χ1v) is 14.7. The highest BCUT2D eigenvalue weighted by Gasteiger charge is 2.53. The summed E-state index contributed by atoms with van der Waals surface area (Å²) in [5.74, 6) is 0.365. The highest BCUT2D eigenvalue weighted by Crippen LogP contribution is 2.47. The standard InChI is InChI=1S/C30H35NO5Si/c1-30(2,3)37(21-11-7-5-8-12-21,22-13-9-6-10-14-22)34-19-27-28-24(18-26(35-27)29(32)33-4)23-17-20(31)15-16-25(23)36-28/h5-17,24,26-28H,18-19,31H2,1-4H3/t24-,26-,27+,28+/m0/s1. The van der Waals surface area contributed by atoms with E-state index in [-0.39, 0.29) is 29.6 Å². The maximum Gasteiger partial charge on any atom is 0.335 e. The van der Waals surface area contributed by atoms with Crippen LogP contribution in [0, 0.1) is 0 Å². The second-order valence-electron chi connectivity index (χ2n) is 10.9. The SMILES string of the molecule is COC(=O)[C@@H]1C[C@H]2c3cc(N)ccc3O[C@H]2[C@@H](CO[Si](c2ccccc2)(c2ccccc2)C(C)(C)C)O1. The average molecular weight is 518 g/mol. The molecule has 2 aliphatic rings. The molecule has 1 saturated heterocycles. The van der Waals surface area contributed by atoms with Crippen LogP contribution in [-0.4, -0.2) is 46.3 Å². The number of benzene rings is 3. The number of esters is 1. The van der Waals surface area contributed by atoms with Gasteiger partial charge in [0.1, 0.15) is 18.0 Å². The van der Waals surface area contributed by atoms with Crippen molar-refractivity contribution < 1.29 is 23.4 Å². The molecule has 2 N–H and O–H groups in total. The summed E-state index contributed by atoms with van der Waals surface area (Å²) in [6.07, 6.45) is -0.965. The van der Waals surface area contributed by atoms with Crippen molar-refractivity contribution in [2.75, 3.05) is 19.5 Å². The summed E-state index contributed by atoms with van der Waals surface area (Å²) in [4.78, 5) is 12.6. The maximum absolute atomic E-state index is 12.6. The Morgan fingerprint density at radius 3 is 2.19 bits per heavy atom. The number of fused-ring (bicyclic) bond motifs is 3. The number of rotatable bonds is 6. The van der Waals surface area contributed by atoms with Crippen LogP contribution in [0.5, 0.6) is 5.75 Å². The fourth-order valence-electron chi connectivity index (χ4n) is 5.93. The van der Waals surface area contributed by atoms with Crippen LogP contribution in [-0.2, 0) is 18.7 Å². The Hall–Kier alpha value is -3.13. The third-order valence-electron chi connectivity index (χ3n) is 7.61. The van der Waals surface area contributed by atoms with Crippen molar-refractivity contribution in [1.29, 1.82) is 0 Å². The molecule has 0 radical (unpaired) electrons. The van der Waals surface area contributed by atoms with Gasteiger partial charge >= 0.3 is 5.97 Å². The van der Waals surface area contributed by atoms with E-state index in [1.54, 1.807) is 0 Å². The number of methoxy groups -OCH3 is 1. The number of ether oxygens (including phenoxy) is 3. The molecule has 37 heavy (non-hydrogen) atoms. The lowest BCUT2D eigenvalue weighted by atomic mass is 9.85. The van der Waals surface area contributed by atoms with Crippen LogP contribution in [0.4, 0.5) is 5.69 Å². The molecule has 0 aliphatic carbocycles. The molecular weight excluding hydrogens is 482 g/mol. The van der Waals surface area contributed by atoms with Gasteiger partial charge in [0.05, 0.1) is 13.7 Å². The number of carbonyl (C=O) groups excluding carboxylic acids is 1. The van der Waals surface area contributed by atoms with Gasteiger partial charge in [-0.1, -0.05) is 81.4 Å². The van der Waals surface area contributed by atoms with E-state index in [4.69, 9.17) is 24.4 Å². The summed E-state index contributed by atoms with van der Waals surface area (Å²) >= 11 is 0. The van der Waals surface area contributed by atoms with Gasteiger partial charge in [-0.25, -0.2) is 4.79 Å². The smallest absolute Gasteiger partial charge is 0.335 e. The second kappa shape index (κ2) is 9.97. The van der Waals surface area contributed by atoms with Gasteiger partial charge < -0.3 is 24.4 Å². The number of hydrogen-bond acceptors (Lipinski definition) is 6. The summed E-state index contributed by atoms with van der Waals surface area (Å²) in [6, 6.07) is 26.7. The van der Waals surface area contributed by atoms with Crippen molar-refractivity contribution in [3.8, 4) is 5.75 Å². The van der Waals surface area contributed by atoms with Gasteiger partial charge in [0.2, 0.25) is 0 Å². The molecular formula is C30H35NO5Si. The van der Waals surface area contributed by atoms with Gasteiger partial charge in [0.15, 0.2) is 6.10 Å². The Kier molecular flexibility index (Phi) is 6.87. The predicted octanol–water partition coefficient (Wildman–Crippen LogP) is 4.02. The average Bonchev–Trinajstić information content (AvgIpc) is 3.27. The van der Waals surface area contributed by atoms with Crippen LogP contribution in [0.25, 0.3) is 0 Å². The van der Waals surface area contributed by atoms with Crippen LogP contribution in [0.2, 0.25) is 5.04 Å². The topological polar surface area (TPSA) is 80.0 Å². The highest BCUT2D eigenvalue weighted by molar-refractivity contribution is 6.99. The quantitative estimate of drug-likeness (QED) is 0.302. The Labute approximate surface area is 219 Å². The van der Waals surface area contributed by atoms with Crippen LogP contribution in [0.1, 0.15) is 38.7 Å². The molecule has 2 aliphatic heterocycles. The van der Waals surface area contributed by atoms with Gasteiger partial charge in [-0.05, 0) is 40.0 Å². The van der Waals surface area contributed by atoms with Gasteiger partial charge in [0, 0.05) is 17.2 Å². The molecule has 0 bridgehead atoms. The lowest BCUT2D eigenvalue weighted by Crippen LogP contribution is -2.67. The number of hydrogen-bond donors (Lipinski definition) is 1. The number of carbonyl (C=O) groups is 1. The van der Waals surface area contributed by atoms with E-state index >= 15 is 0 Å². The first-order chi connectivity index (χ1) is 17.7. The molecule has 7 heteroatoms. The van der Waals surface area contributed by atoms with Gasteiger partial charge in [-0.2, -0.15) is 0 Å². The molecule has 0 aromatic heterocycles. The minimum Gasteiger partial charge on any atom is -0.487 e. The maximum atomic E-state index is 12.6. The highest BCUT2D eigenvalue weighted by atomic mass is 28.4. The number of nitrogens with two attached hydrogens (primary N) is 1. The Balaban J connectivity index is 1.53. The van der Waals surface area contributed by atoms with E-state index in [1.807, 2.05) is 30.3 Å². The fourth-order valence-corrected chi connectivity index (χ4v) is 10.5. The van der Waals surface area contributed by atoms with Gasteiger partial charge in [-0.3, -0.25) is 0 Å². The minimum absolute atomic E-state index is 0.0379. The van der Waals surface area contributed by atoms with Crippen LogP contribution >= 0.6 is 0 Å². The van der Waals surface area contributed by atoms with E-state index in [9.17, 15) is 4.79 Å². The molecule has 0 spiro atoms. The van der Waals surface area contributed by atoms with Crippen LogP contribution in [0.15, 0.2) is 78.9 Å². The van der Waals surface area contributed by atoms with Crippen molar-refractivity contribution in [3.05, 3.63) is 84.4 Å². The molecule has 3 aromatic rings. The van der Waals surface area contributed by atoms with E-state index in [2.05, 4.69) is 69.3 Å². The fraction of sp³-hybridized carbons (Fsp3) is 0.367. The summed E-state index contributed by atoms with van der Waals surface area (Å²) in [7, 11) is -1.40. The minimum atomic E-state index is -2.80. The van der Waals surface area contributed by atoms with Crippen molar-refractivity contribution in [2.24, 2.45) is 0 Å². The second-order valence-corrected chi connectivity index (χ2v) is 15.2. The molecule has 4 atom stereocenters. The largest absolute Gasteiger partial charge is 0.487 e. The summed E-state index contributed by atoms with van der Waals surface area (Å²) in [6.45, 7) is 7.01. The van der Waals surface area contributed by atoms with E-state index < -0.39 is 20.5 Å². The molecule has 2 heterocycles.